The second-order valence-corrected chi connectivity index (χ2v) is 15.6. The molecular weight excluding hydrogens is 703 g/mol. The molecule has 1 saturated carbocycles. The second kappa shape index (κ2) is 28.1. The number of fused-ring (bicyclic) bond motifs is 1. The summed E-state index contributed by atoms with van der Waals surface area (Å²) in [7, 11) is 5.82. The minimum absolute atomic E-state index is 0.0294. The molecule has 2 heterocycles. The van der Waals surface area contributed by atoms with Gasteiger partial charge < -0.3 is 39.1 Å². The Labute approximate surface area is 330 Å². The topological polar surface area (TPSA) is 128 Å². The van der Waals surface area contributed by atoms with E-state index < -0.39 is 24.4 Å². The Morgan fingerprint density at radius 1 is 1.00 bits per heavy atom. The number of aldehydes is 2. The van der Waals surface area contributed by atoms with Gasteiger partial charge in [-0.05, 0) is 116 Å². The summed E-state index contributed by atoms with van der Waals surface area (Å²) in [4.78, 5) is 45.7. The molecule has 0 radical (unpaired) electrons. The molecule has 4 unspecified atom stereocenters. The normalized spacial score (nSPS) is 18.3. The monoisotopic (exact) mass is 777 g/mol. The number of amides is 2. The number of halogens is 1. The molecule has 2 fully saturated rings. The lowest BCUT2D eigenvalue weighted by Crippen LogP contribution is -2.40. The van der Waals surface area contributed by atoms with Gasteiger partial charge in [0.2, 0.25) is 6.41 Å². The quantitative estimate of drug-likeness (QED) is 0.121. The fourth-order valence-corrected chi connectivity index (χ4v) is 7.06. The van der Waals surface area contributed by atoms with Crippen LogP contribution in [0.2, 0.25) is 0 Å². The molecule has 2 N–H and O–H groups in total. The zero-order valence-electron chi connectivity index (χ0n) is 35.4. The van der Waals surface area contributed by atoms with Gasteiger partial charge in [-0.15, -0.1) is 0 Å². The molecule has 2 amide bonds. The van der Waals surface area contributed by atoms with Crippen molar-refractivity contribution in [1.82, 2.24) is 14.8 Å². The Balaban J connectivity index is 0.000000380. The number of alkyl halides is 1. The number of rotatable bonds is 17. The molecule has 0 spiro atoms. The highest BCUT2D eigenvalue weighted by molar-refractivity contribution is 5.91. The number of ether oxygens (including phenoxy) is 3. The van der Waals surface area contributed by atoms with Gasteiger partial charge in [0.15, 0.2) is 6.29 Å². The van der Waals surface area contributed by atoms with E-state index in [-0.39, 0.29) is 5.92 Å². The molecular formula is C43H73FN4O7. The minimum Gasteiger partial charge on any atom is -0.444 e. The number of anilines is 1. The average Bonchev–Trinajstić information content (AvgIpc) is 3.68. The van der Waals surface area contributed by atoms with Gasteiger partial charge in [0.1, 0.15) is 18.6 Å². The first kappa shape index (κ1) is 49.7. The van der Waals surface area contributed by atoms with Crippen LogP contribution in [0.1, 0.15) is 123 Å². The highest BCUT2D eigenvalue weighted by Crippen LogP contribution is 2.38. The van der Waals surface area contributed by atoms with Crippen LogP contribution < -0.4 is 10.6 Å². The number of nitrogens with one attached hydrogen (secondary N) is 2. The van der Waals surface area contributed by atoms with Crippen molar-refractivity contribution in [2.75, 3.05) is 52.5 Å². The molecule has 2 aromatic rings. The van der Waals surface area contributed by atoms with Crippen molar-refractivity contribution in [2.24, 2.45) is 24.8 Å². The largest absolute Gasteiger partial charge is 0.444 e. The maximum absolute atomic E-state index is 12.8. The van der Waals surface area contributed by atoms with Gasteiger partial charge in [-0.3, -0.25) is 9.59 Å². The van der Waals surface area contributed by atoms with Crippen molar-refractivity contribution >= 4 is 41.7 Å². The standard InChI is InChI=1S/C14H26FNO3.C12H23N.C11H10N2O2.C6H14O2/c1-5-11(10-17)7-6-8-12(9-15)16-13(18)19-14(2,3)4;1-10-12(8-9-13(10)2)11-6-4-3-5-7-11;1-13-10(6-14)5-8-4-9(12-7-15)2-3-11(8)13;1-3-8-6-4-5-7-2/h10-12H,5-9H2,1-4H3,(H,16,18);10-12H,3-9H2,1-2H3;2-7H,1H3,(H,12,15);3-6H2,1-2H3. The minimum atomic E-state index is -0.628. The van der Waals surface area contributed by atoms with Crippen LogP contribution in [-0.4, -0.2) is 99.4 Å². The summed E-state index contributed by atoms with van der Waals surface area (Å²) in [6.45, 7) is 14.8. The number of methoxy groups -OCH3 is 1. The second-order valence-electron chi connectivity index (χ2n) is 15.6. The van der Waals surface area contributed by atoms with E-state index in [0.29, 0.717) is 24.9 Å². The predicted molar refractivity (Wildman–Crippen MR) is 221 cm³/mol. The van der Waals surface area contributed by atoms with E-state index in [4.69, 9.17) is 14.2 Å². The Kier molecular flexibility index (Phi) is 25.4. The number of aryl methyl sites for hydroxylation is 1. The highest BCUT2D eigenvalue weighted by Gasteiger charge is 2.34. The van der Waals surface area contributed by atoms with Crippen LogP contribution in [0.3, 0.4) is 0 Å². The third kappa shape index (κ3) is 19.9. The van der Waals surface area contributed by atoms with Crippen LogP contribution in [0.25, 0.3) is 10.9 Å². The van der Waals surface area contributed by atoms with E-state index in [2.05, 4.69) is 29.5 Å². The molecule has 11 nitrogen and oxygen atoms in total. The van der Waals surface area contributed by atoms with Crippen molar-refractivity contribution in [1.29, 1.82) is 0 Å². The molecule has 1 aliphatic carbocycles. The molecule has 1 aliphatic heterocycles. The van der Waals surface area contributed by atoms with Crippen molar-refractivity contribution in [2.45, 2.75) is 130 Å². The van der Waals surface area contributed by atoms with E-state index in [1.807, 2.05) is 37.6 Å². The zero-order valence-corrected chi connectivity index (χ0v) is 35.4. The summed E-state index contributed by atoms with van der Waals surface area (Å²) in [6.07, 6.45) is 14.5. The van der Waals surface area contributed by atoms with E-state index in [0.717, 1.165) is 86.1 Å². The van der Waals surface area contributed by atoms with Gasteiger partial charge in [-0.2, -0.15) is 0 Å². The summed E-state index contributed by atoms with van der Waals surface area (Å²) in [5.41, 5.74) is 1.72. The number of hydrogen-bond donors (Lipinski definition) is 2. The van der Waals surface area contributed by atoms with Crippen molar-refractivity contribution < 1.29 is 37.8 Å². The third-order valence-electron chi connectivity index (χ3n) is 10.4. The fourth-order valence-electron chi connectivity index (χ4n) is 7.06. The molecule has 1 aromatic carbocycles. The number of alkyl carbamates (subject to hydrolysis) is 1. The number of aromatic nitrogens is 1. The van der Waals surface area contributed by atoms with E-state index in [1.54, 1.807) is 40.0 Å². The number of carbonyl (C=O) groups excluding carboxylic acids is 4. The van der Waals surface area contributed by atoms with Gasteiger partial charge in [0.25, 0.3) is 0 Å². The van der Waals surface area contributed by atoms with Crippen LogP contribution in [0.5, 0.6) is 0 Å². The molecule has 55 heavy (non-hydrogen) atoms. The predicted octanol–water partition coefficient (Wildman–Crippen LogP) is 8.77. The number of likely N-dealkylation sites (tertiary alicyclic amines) is 1. The first-order valence-corrected chi connectivity index (χ1v) is 20.3. The number of carbonyl (C=O) groups is 4. The van der Waals surface area contributed by atoms with Crippen LogP contribution in [-0.2, 0) is 30.8 Å². The molecule has 314 valence electrons. The van der Waals surface area contributed by atoms with Crippen LogP contribution in [0.4, 0.5) is 14.9 Å². The Hall–Kier alpha value is -3.35. The molecule has 1 saturated heterocycles. The number of hydrogen-bond acceptors (Lipinski definition) is 8. The SMILES string of the molecule is CC1C(C2CCCCC2)CCN1C.CCC(C=O)CCCC(CF)NC(=O)OC(C)(C)C.CCOCCCOC.Cn1c(C=O)cc2cc(NC=O)ccc21. The van der Waals surface area contributed by atoms with E-state index >= 15 is 0 Å². The first-order chi connectivity index (χ1) is 26.3. The molecule has 4 rings (SSSR count). The molecule has 4 atom stereocenters. The van der Waals surface area contributed by atoms with Crippen LogP contribution in [0.15, 0.2) is 24.3 Å². The maximum Gasteiger partial charge on any atom is 0.407 e. The zero-order chi connectivity index (χ0) is 41.2. The van der Waals surface area contributed by atoms with E-state index in [9.17, 15) is 23.6 Å². The summed E-state index contributed by atoms with van der Waals surface area (Å²) >= 11 is 0. The Morgan fingerprint density at radius 3 is 2.24 bits per heavy atom. The summed E-state index contributed by atoms with van der Waals surface area (Å²) in [5.74, 6) is 2.11. The van der Waals surface area contributed by atoms with Crippen molar-refractivity contribution in [3.05, 3.63) is 30.0 Å². The average molecular weight is 777 g/mol. The van der Waals surface area contributed by atoms with E-state index in [1.165, 1.54) is 45.1 Å². The fraction of sp³-hybridized carbons (Fsp3) is 0.721. The Morgan fingerprint density at radius 2 is 1.71 bits per heavy atom. The molecule has 1 aromatic heterocycles. The highest BCUT2D eigenvalue weighted by atomic mass is 19.1. The first-order valence-electron chi connectivity index (χ1n) is 20.3. The smallest absolute Gasteiger partial charge is 0.407 e. The van der Waals surface area contributed by atoms with Crippen LogP contribution >= 0.6 is 0 Å². The summed E-state index contributed by atoms with van der Waals surface area (Å²) < 4.78 is 29.5. The maximum atomic E-state index is 12.8. The van der Waals surface area contributed by atoms with Crippen molar-refractivity contribution in [3.63, 3.8) is 0 Å². The lowest BCUT2D eigenvalue weighted by molar-refractivity contribution is -0.111. The van der Waals surface area contributed by atoms with Crippen LogP contribution in [0, 0.1) is 17.8 Å². The van der Waals surface area contributed by atoms with Gasteiger partial charge >= 0.3 is 6.09 Å². The lowest BCUT2D eigenvalue weighted by atomic mass is 9.77. The van der Waals surface area contributed by atoms with Gasteiger partial charge in [-0.1, -0.05) is 45.4 Å². The number of benzene rings is 1. The Bertz CT molecular complexity index is 1350. The molecule has 2 aliphatic rings. The van der Waals surface area contributed by atoms with Gasteiger partial charge in [0, 0.05) is 62.5 Å². The summed E-state index contributed by atoms with van der Waals surface area (Å²) in [5, 5.41) is 6.01. The van der Waals surface area contributed by atoms with Crippen molar-refractivity contribution in [3.8, 4) is 0 Å². The number of nitrogens with zero attached hydrogens (tertiary/aromatic N) is 2. The molecule has 12 heteroatoms. The third-order valence-corrected chi connectivity index (χ3v) is 10.4. The van der Waals surface area contributed by atoms with Gasteiger partial charge in [0.05, 0.1) is 11.7 Å². The lowest BCUT2D eigenvalue weighted by Gasteiger charge is -2.31. The van der Waals surface area contributed by atoms with Gasteiger partial charge in [-0.25, -0.2) is 9.18 Å². The summed E-state index contributed by atoms with van der Waals surface area (Å²) in [6, 6.07) is 7.59. The molecule has 0 bridgehead atoms.